The molecule has 0 radical (unpaired) electrons. The standard InChI is InChI=1S/C26H19F6NOS/c1-12(2)6-15-9-14-4-5-33-22(24(14)35-15)18-8-13(3)7-17-16-10-19(25(27,28)29)20(26(30,31)32)11-21(16)34-23(17)18/h4-5,7-12H,6H2,1-3H3. The van der Waals surface area contributed by atoms with Crippen LogP contribution in [-0.4, -0.2) is 4.98 Å². The second-order valence-corrected chi connectivity index (χ2v) is 10.2. The molecule has 0 saturated carbocycles. The largest absolute Gasteiger partial charge is 0.455 e. The Morgan fingerprint density at radius 1 is 0.914 bits per heavy atom. The molecule has 2 nitrogen and oxygen atoms in total. The molecular formula is C26H19F6NOS. The van der Waals surface area contributed by atoms with E-state index in [1.165, 1.54) is 4.88 Å². The third kappa shape index (κ3) is 4.16. The maximum atomic E-state index is 13.6. The minimum absolute atomic E-state index is 0.0240. The molecule has 0 aliphatic heterocycles. The van der Waals surface area contributed by atoms with Crippen molar-refractivity contribution >= 4 is 43.4 Å². The zero-order valence-electron chi connectivity index (χ0n) is 18.9. The highest BCUT2D eigenvalue weighted by Crippen LogP contribution is 2.46. The summed E-state index contributed by atoms with van der Waals surface area (Å²) in [6.07, 6.45) is -7.84. The van der Waals surface area contributed by atoms with Gasteiger partial charge in [0.15, 0.2) is 0 Å². The summed E-state index contributed by atoms with van der Waals surface area (Å²) in [7, 11) is 0. The van der Waals surface area contributed by atoms with Crippen LogP contribution in [0.3, 0.4) is 0 Å². The summed E-state index contributed by atoms with van der Waals surface area (Å²) in [6, 6.07) is 8.36. The summed E-state index contributed by atoms with van der Waals surface area (Å²) in [5.74, 6) is 0.450. The van der Waals surface area contributed by atoms with Crippen molar-refractivity contribution in [1.82, 2.24) is 4.98 Å². The minimum atomic E-state index is -5.19. The summed E-state index contributed by atoms with van der Waals surface area (Å²) in [5, 5.41) is 1.26. The lowest BCUT2D eigenvalue weighted by atomic mass is 9.99. The van der Waals surface area contributed by atoms with Crippen LogP contribution in [0.1, 0.15) is 35.4 Å². The van der Waals surface area contributed by atoms with Gasteiger partial charge in [0.2, 0.25) is 0 Å². The van der Waals surface area contributed by atoms with Gasteiger partial charge in [0.05, 0.1) is 21.5 Å². The summed E-state index contributed by atoms with van der Waals surface area (Å²) in [4.78, 5) is 5.70. The number of hydrogen-bond acceptors (Lipinski definition) is 3. The fourth-order valence-electron chi connectivity index (χ4n) is 4.43. The number of furan rings is 1. The van der Waals surface area contributed by atoms with Crippen molar-refractivity contribution in [3.05, 3.63) is 64.2 Å². The van der Waals surface area contributed by atoms with Gasteiger partial charge in [-0.1, -0.05) is 13.8 Å². The molecule has 0 spiro atoms. The Bertz CT molecular complexity index is 1590. The summed E-state index contributed by atoms with van der Waals surface area (Å²) >= 11 is 1.58. The highest BCUT2D eigenvalue weighted by molar-refractivity contribution is 7.19. The van der Waals surface area contributed by atoms with Crippen LogP contribution in [0.15, 0.2) is 47.0 Å². The van der Waals surface area contributed by atoms with E-state index in [0.29, 0.717) is 34.7 Å². The molecule has 3 heterocycles. The highest BCUT2D eigenvalue weighted by atomic mass is 32.1. The Hall–Kier alpha value is -3.07. The topological polar surface area (TPSA) is 26.0 Å². The van der Waals surface area contributed by atoms with Gasteiger partial charge in [0.1, 0.15) is 11.2 Å². The molecule has 0 atom stereocenters. The Balaban J connectivity index is 1.82. The molecule has 0 N–H and O–H groups in total. The van der Waals surface area contributed by atoms with Crippen LogP contribution in [0.5, 0.6) is 0 Å². The zero-order valence-corrected chi connectivity index (χ0v) is 19.7. The number of alkyl halides is 6. The predicted octanol–water partition coefficient (Wildman–Crippen LogP) is 9.41. The molecule has 0 aliphatic rings. The van der Waals surface area contributed by atoms with Gasteiger partial charge in [-0.2, -0.15) is 26.3 Å². The van der Waals surface area contributed by atoms with E-state index in [9.17, 15) is 26.3 Å². The van der Waals surface area contributed by atoms with Crippen molar-refractivity contribution in [1.29, 1.82) is 0 Å². The van der Waals surface area contributed by atoms with E-state index < -0.39 is 23.5 Å². The molecule has 3 aromatic heterocycles. The van der Waals surface area contributed by atoms with Gasteiger partial charge in [-0.15, -0.1) is 11.3 Å². The molecular weight excluding hydrogens is 488 g/mol. The highest BCUT2D eigenvalue weighted by Gasteiger charge is 2.44. The fraction of sp³-hybridized carbons (Fsp3) is 0.269. The SMILES string of the molecule is Cc1cc(-c2nccc3cc(CC(C)C)sc23)c2oc3cc(C(F)(F)F)c(C(F)(F)F)cc3c2c1. The van der Waals surface area contributed by atoms with Gasteiger partial charge in [0.25, 0.3) is 0 Å². The molecule has 0 unspecified atom stereocenters. The molecule has 0 aliphatic carbocycles. The number of rotatable bonds is 3. The first-order valence-corrected chi connectivity index (χ1v) is 11.7. The van der Waals surface area contributed by atoms with Crippen LogP contribution in [0.2, 0.25) is 0 Å². The predicted molar refractivity (Wildman–Crippen MR) is 126 cm³/mol. The van der Waals surface area contributed by atoms with Crippen molar-refractivity contribution in [3.63, 3.8) is 0 Å². The number of fused-ring (bicyclic) bond motifs is 4. The van der Waals surface area contributed by atoms with E-state index in [1.807, 2.05) is 6.07 Å². The molecule has 0 bridgehead atoms. The van der Waals surface area contributed by atoms with Crippen LogP contribution >= 0.6 is 11.3 Å². The average molecular weight is 507 g/mol. The number of hydrogen-bond donors (Lipinski definition) is 0. The first-order valence-electron chi connectivity index (χ1n) is 10.9. The molecule has 182 valence electrons. The van der Waals surface area contributed by atoms with E-state index >= 15 is 0 Å². The number of aromatic nitrogens is 1. The maximum absolute atomic E-state index is 13.6. The van der Waals surface area contributed by atoms with Gasteiger partial charge in [0, 0.05) is 27.4 Å². The van der Waals surface area contributed by atoms with Gasteiger partial charge < -0.3 is 4.42 Å². The first-order chi connectivity index (χ1) is 16.3. The normalized spacial score (nSPS) is 13.1. The third-order valence-corrected chi connectivity index (χ3v) is 7.00. The molecule has 0 saturated heterocycles. The molecule has 0 fully saturated rings. The van der Waals surface area contributed by atoms with Gasteiger partial charge >= 0.3 is 12.4 Å². The van der Waals surface area contributed by atoms with E-state index in [2.05, 4.69) is 24.9 Å². The van der Waals surface area contributed by atoms with Crippen LogP contribution in [-0.2, 0) is 18.8 Å². The number of thiophene rings is 1. The van der Waals surface area contributed by atoms with Crippen LogP contribution in [0, 0.1) is 12.8 Å². The van der Waals surface area contributed by atoms with E-state index in [-0.39, 0.29) is 16.6 Å². The summed E-state index contributed by atoms with van der Waals surface area (Å²) < 4.78 is 87.9. The zero-order chi connectivity index (χ0) is 25.3. The van der Waals surface area contributed by atoms with Gasteiger partial charge in [-0.25, -0.2) is 0 Å². The third-order valence-electron chi connectivity index (χ3n) is 5.82. The quantitative estimate of drug-likeness (QED) is 0.227. The van der Waals surface area contributed by atoms with Crippen molar-refractivity contribution in [3.8, 4) is 11.3 Å². The van der Waals surface area contributed by atoms with E-state index in [1.54, 1.807) is 36.6 Å². The number of nitrogens with zero attached hydrogens (tertiary/aromatic N) is 1. The van der Waals surface area contributed by atoms with Gasteiger partial charge in [-0.05, 0) is 66.6 Å². The molecule has 9 heteroatoms. The lowest BCUT2D eigenvalue weighted by Crippen LogP contribution is -2.16. The minimum Gasteiger partial charge on any atom is -0.455 e. The van der Waals surface area contributed by atoms with Crippen molar-refractivity contribution in [2.24, 2.45) is 5.92 Å². The Labute approximate surface area is 200 Å². The van der Waals surface area contributed by atoms with Crippen molar-refractivity contribution in [2.75, 3.05) is 0 Å². The van der Waals surface area contributed by atoms with Crippen LogP contribution < -0.4 is 0 Å². The van der Waals surface area contributed by atoms with E-state index in [0.717, 1.165) is 22.1 Å². The summed E-state index contributed by atoms with van der Waals surface area (Å²) in [5.41, 5.74) is -1.72. The monoisotopic (exact) mass is 507 g/mol. The number of benzene rings is 2. The Morgan fingerprint density at radius 3 is 2.26 bits per heavy atom. The summed E-state index contributed by atoms with van der Waals surface area (Å²) in [6.45, 7) is 6.01. The number of pyridine rings is 1. The Morgan fingerprint density at radius 2 is 1.60 bits per heavy atom. The lowest BCUT2D eigenvalue weighted by Gasteiger charge is -2.15. The van der Waals surface area contributed by atoms with Crippen LogP contribution in [0.25, 0.3) is 43.3 Å². The molecule has 2 aromatic carbocycles. The van der Waals surface area contributed by atoms with Gasteiger partial charge in [-0.3, -0.25) is 4.98 Å². The Kier molecular flexibility index (Phi) is 5.39. The fourth-order valence-corrected chi connectivity index (χ4v) is 5.79. The molecule has 35 heavy (non-hydrogen) atoms. The van der Waals surface area contributed by atoms with Crippen molar-refractivity contribution in [2.45, 2.75) is 39.5 Å². The lowest BCUT2D eigenvalue weighted by molar-refractivity contribution is -0.161. The number of aryl methyl sites for hydroxylation is 1. The van der Waals surface area contributed by atoms with Crippen molar-refractivity contribution < 1.29 is 30.8 Å². The second kappa shape index (κ2) is 7.98. The molecule has 5 rings (SSSR count). The average Bonchev–Trinajstić information content (AvgIpc) is 3.30. The maximum Gasteiger partial charge on any atom is 0.417 e. The second-order valence-electron chi connectivity index (χ2n) is 9.07. The number of halogens is 6. The smallest absolute Gasteiger partial charge is 0.417 e. The first kappa shape index (κ1) is 23.7. The van der Waals surface area contributed by atoms with E-state index in [4.69, 9.17) is 4.42 Å². The molecule has 5 aromatic rings. The molecule has 0 amide bonds. The van der Waals surface area contributed by atoms with Crippen LogP contribution in [0.4, 0.5) is 26.3 Å².